The van der Waals surface area contributed by atoms with Crippen molar-refractivity contribution in [2.24, 2.45) is 11.7 Å². The van der Waals surface area contributed by atoms with Gasteiger partial charge in [-0.3, -0.25) is 9.52 Å². The highest BCUT2D eigenvalue weighted by atomic mass is 32.2. The third-order valence-electron chi connectivity index (χ3n) is 5.77. The third kappa shape index (κ3) is 6.17. The maximum Gasteiger partial charge on any atom is 0.300 e. The Morgan fingerprint density at radius 1 is 1.05 bits per heavy atom. The normalized spacial score (nSPS) is 13.4. The first kappa shape index (κ1) is 26.4. The van der Waals surface area contributed by atoms with Gasteiger partial charge < -0.3 is 11.1 Å². The Morgan fingerprint density at radius 2 is 1.78 bits per heavy atom. The summed E-state index contributed by atoms with van der Waals surface area (Å²) in [7, 11) is -4.11. The number of primary amides is 1. The molecule has 0 radical (unpaired) electrons. The molecular weight excluding hydrogens is 514 g/mol. The van der Waals surface area contributed by atoms with Crippen molar-refractivity contribution in [1.29, 1.82) is 0 Å². The molecule has 0 bridgehead atoms. The van der Waals surface area contributed by atoms with Crippen LogP contribution in [0.15, 0.2) is 36.5 Å². The summed E-state index contributed by atoms with van der Waals surface area (Å²) in [6, 6.07) is 6.05. The van der Waals surface area contributed by atoms with Gasteiger partial charge in [0.1, 0.15) is 5.82 Å². The van der Waals surface area contributed by atoms with Crippen LogP contribution in [-0.4, -0.2) is 25.9 Å². The van der Waals surface area contributed by atoms with E-state index in [0.717, 1.165) is 37.2 Å². The van der Waals surface area contributed by atoms with Crippen molar-refractivity contribution < 1.29 is 30.8 Å². The second kappa shape index (κ2) is 10.3. The Labute approximate surface area is 210 Å². The van der Waals surface area contributed by atoms with Crippen LogP contribution in [0.1, 0.15) is 39.9 Å². The van der Waals surface area contributed by atoms with Gasteiger partial charge in [0.2, 0.25) is 0 Å². The quantitative estimate of drug-likeness (QED) is 0.291. The van der Waals surface area contributed by atoms with Crippen molar-refractivity contribution in [3.8, 4) is 0 Å². The molecule has 1 amide bonds. The molecule has 5 N–H and O–H groups in total. The zero-order chi connectivity index (χ0) is 26.9. The van der Waals surface area contributed by atoms with Gasteiger partial charge in [-0.05, 0) is 66.6 Å². The summed E-state index contributed by atoms with van der Waals surface area (Å²) in [5.74, 6) is -6.36. The maximum atomic E-state index is 15.1. The van der Waals surface area contributed by atoms with Gasteiger partial charge >= 0.3 is 0 Å². The minimum absolute atomic E-state index is 0.198. The van der Waals surface area contributed by atoms with Gasteiger partial charge in [0, 0.05) is 19.2 Å². The highest BCUT2D eigenvalue weighted by Gasteiger charge is 2.26. The summed E-state index contributed by atoms with van der Waals surface area (Å²) in [6.45, 7) is 1.83. The van der Waals surface area contributed by atoms with Gasteiger partial charge in [-0.1, -0.05) is 6.07 Å². The molecule has 4 rings (SSSR count). The lowest BCUT2D eigenvalue weighted by Gasteiger charge is -2.16. The van der Waals surface area contributed by atoms with Gasteiger partial charge in [0.15, 0.2) is 23.3 Å². The average molecular weight is 538 g/mol. The van der Waals surface area contributed by atoms with E-state index in [2.05, 4.69) is 15.0 Å². The number of hydrogen-bond acceptors (Lipinski definition) is 5. The number of aromatic nitrogens is 1. The SMILES string of the molecule is Cc1ccc(Nc2c(C(N)=O)cc(Cc3ccnc(NS(=O)(=O)NCC4CC4)c3F)c(F)c2F)c(F)c1. The number of nitrogens with two attached hydrogens (primary N) is 1. The lowest BCUT2D eigenvalue weighted by Crippen LogP contribution is -2.32. The number of amides is 1. The number of hydrogen-bond donors (Lipinski definition) is 4. The molecule has 0 spiro atoms. The summed E-state index contributed by atoms with van der Waals surface area (Å²) in [4.78, 5) is 15.7. The van der Waals surface area contributed by atoms with Crippen molar-refractivity contribution in [1.82, 2.24) is 9.71 Å². The van der Waals surface area contributed by atoms with Crippen molar-refractivity contribution in [3.05, 3.63) is 82.1 Å². The lowest BCUT2D eigenvalue weighted by molar-refractivity contribution is 0.100. The van der Waals surface area contributed by atoms with Crippen LogP contribution in [0.3, 0.4) is 0 Å². The Bertz CT molecular complexity index is 1480. The van der Waals surface area contributed by atoms with Crippen LogP contribution in [0.25, 0.3) is 0 Å². The summed E-state index contributed by atoms with van der Waals surface area (Å²) in [5, 5.41) is 2.36. The maximum absolute atomic E-state index is 15.1. The van der Waals surface area contributed by atoms with Crippen LogP contribution in [-0.2, 0) is 16.6 Å². The monoisotopic (exact) mass is 537 g/mol. The summed E-state index contributed by atoms with van der Waals surface area (Å²) in [6.07, 6.45) is 2.32. The molecule has 1 aliphatic rings. The fourth-order valence-electron chi connectivity index (χ4n) is 3.59. The van der Waals surface area contributed by atoms with Crippen molar-refractivity contribution in [2.45, 2.75) is 26.2 Å². The van der Waals surface area contributed by atoms with E-state index in [9.17, 15) is 17.6 Å². The van der Waals surface area contributed by atoms with Crippen molar-refractivity contribution in [2.75, 3.05) is 16.6 Å². The van der Waals surface area contributed by atoms with Gasteiger partial charge in [-0.15, -0.1) is 0 Å². The molecule has 0 atom stereocenters. The van der Waals surface area contributed by atoms with E-state index in [4.69, 9.17) is 5.73 Å². The molecule has 0 unspecified atom stereocenters. The predicted octanol–water partition coefficient (Wildman–Crippen LogP) is 4.04. The van der Waals surface area contributed by atoms with E-state index in [-0.39, 0.29) is 23.7 Å². The fourth-order valence-corrected chi connectivity index (χ4v) is 4.51. The largest absolute Gasteiger partial charge is 0.366 e. The van der Waals surface area contributed by atoms with Gasteiger partial charge in [-0.2, -0.15) is 13.1 Å². The summed E-state index contributed by atoms with van der Waals surface area (Å²) < 4.78 is 88.0. The highest BCUT2D eigenvalue weighted by Crippen LogP contribution is 2.32. The van der Waals surface area contributed by atoms with Crippen LogP contribution in [0.4, 0.5) is 34.8 Å². The third-order valence-corrected chi connectivity index (χ3v) is 6.78. The minimum atomic E-state index is -4.11. The number of benzene rings is 2. The van der Waals surface area contributed by atoms with Gasteiger partial charge in [-0.25, -0.2) is 22.5 Å². The van der Waals surface area contributed by atoms with E-state index in [0.29, 0.717) is 5.56 Å². The molecule has 0 aliphatic heterocycles. The van der Waals surface area contributed by atoms with Crippen LogP contribution in [0.2, 0.25) is 0 Å². The number of aryl methyl sites for hydroxylation is 1. The number of anilines is 3. The van der Waals surface area contributed by atoms with Crippen LogP contribution >= 0.6 is 0 Å². The molecule has 3 aromatic rings. The zero-order valence-electron chi connectivity index (χ0n) is 19.5. The molecule has 1 saturated carbocycles. The fraction of sp³-hybridized carbons (Fsp3) is 0.250. The summed E-state index contributed by atoms with van der Waals surface area (Å²) >= 11 is 0. The zero-order valence-corrected chi connectivity index (χ0v) is 20.4. The van der Waals surface area contributed by atoms with E-state index in [1.54, 1.807) is 6.92 Å². The molecule has 1 heterocycles. The van der Waals surface area contributed by atoms with Crippen molar-refractivity contribution >= 4 is 33.3 Å². The van der Waals surface area contributed by atoms with Crippen LogP contribution < -0.4 is 20.5 Å². The molecule has 8 nitrogen and oxygen atoms in total. The minimum Gasteiger partial charge on any atom is -0.366 e. The molecule has 13 heteroatoms. The Kier molecular flexibility index (Phi) is 7.37. The first-order valence-electron chi connectivity index (χ1n) is 11.2. The molecule has 37 heavy (non-hydrogen) atoms. The molecule has 0 saturated heterocycles. The molecule has 1 aromatic heterocycles. The van der Waals surface area contributed by atoms with E-state index >= 15 is 13.2 Å². The molecule has 1 fully saturated rings. The average Bonchev–Trinajstić information content (AvgIpc) is 3.66. The van der Waals surface area contributed by atoms with Crippen molar-refractivity contribution in [3.63, 3.8) is 0 Å². The predicted molar refractivity (Wildman–Crippen MR) is 130 cm³/mol. The molecular formula is C24H23F4N5O3S. The summed E-state index contributed by atoms with van der Waals surface area (Å²) in [5.41, 5.74) is 3.89. The first-order valence-corrected chi connectivity index (χ1v) is 12.7. The van der Waals surface area contributed by atoms with E-state index in [1.807, 2.05) is 4.72 Å². The number of rotatable bonds is 10. The molecule has 2 aromatic carbocycles. The second-order valence-electron chi connectivity index (χ2n) is 8.77. The lowest BCUT2D eigenvalue weighted by atomic mass is 10.00. The Hall–Kier alpha value is -3.71. The Balaban J connectivity index is 1.64. The topological polar surface area (TPSA) is 126 Å². The highest BCUT2D eigenvalue weighted by molar-refractivity contribution is 7.90. The Morgan fingerprint density at radius 3 is 2.43 bits per heavy atom. The first-order chi connectivity index (χ1) is 17.4. The molecule has 1 aliphatic carbocycles. The van der Waals surface area contributed by atoms with Crippen LogP contribution in [0.5, 0.6) is 0 Å². The van der Waals surface area contributed by atoms with Gasteiger partial charge in [0.05, 0.1) is 16.9 Å². The molecule has 196 valence electrons. The smallest absolute Gasteiger partial charge is 0.300 e. The van der Waals surface area contributed by atoms with E-state index < -0.39 is 68.4 Å². The number of carbonyl (C=O) groups excluding carboxylic acids is 1. The van der Waals surface area contributed by atoms with Gasteiger partial charge in [0.25, 0.3) is 16.1 Å². The standard InChI is InChI=1S/C24H23F4N5O3S/c1-12-2-5-18(17(25)8-12)32-22-16(23(29)34)10-15(19(26)21(22)28)9-14-6-7-30-24(20(14)27)33-37(35,36)31-11-13-3-4-13/h2,5-8,10,13,31-32H,3-4,9,11H2,1H3,(H2,29,34)(H,30,33). The number of nitrogens with one attached hydrogen (secondary N) is 3. The number of halogens is 4. The second-order valence-corrected chi connectivity index (χ2v) is 10.3. The number of pyridine rings is 1. The van der Waals surface area contributed by atoms with Crippen LogP contribution in [0, 0.1) is 36.1 Å². The number of nitrogens with zero attached hydrogens (tertiary/aromatic N) is 1. The van der Waals surface area contributed by atoms with E-state index in [1.165, 1.54) is 12.1 Å². The number of carbonyl (C=O) groups is 1.